The van der Waals surface area contributed by atoms with Gasteiger partial charge in [-0.25, -0.2) is 4.68 Å². The minimum Gasteiger partial charge on any atom is -0.497 e. The van der Waals surface area contributed by atoms with E-state index in [-0.39, 0.29) is 17.6 Å². The smallest absolute Gasteiger partial charge is 0.272 e. The molecule has 1 aromatic heterocycles. The number of nitrogens with two attached hydrogens (primary N) is 2. The number of nitrogens with zero attached hydrogens (tertiary/aromatic N) is 3. The predicted octanol–water partition coefficient (Wildman–Crippen LogP) is 2.07. The zero-order valence-corrected chi connectivity index (χ0v) is 17.3. The molecule has 3 aromatic rings. The molecule has 0 saturated carbocycles. The van der Waals surface area contributed by atoms with Crippen molar-refractivity contribution < 1.29 is 14.3 Å². The maximum Gasteiger partial charge on any atom is 0.272 e. The third-order valence-corrected chi connectivity index (χ3v) is 5.59. The number of primary amides is 1. The lowest BCUT2D eigenvalue weighted by molar-refractivity contribution is 0.0725. The van der Waals surface area contributed by atoms with E-state index >= 15 is 0 Å². The lowest BCUT2D eigenvalue weighted by Crippen LogP contribution is -2.40. The summed E-state index contributed by atoms with van der Waals surface area (Å²) in [5.74, 6) is -0.143. The summed E-state index contributed by atoms with van der Waals surface area (Å²) in [6, 6.07) is 16.8. The number of aromatic nitrogens is 2. The van der Waals surface area contributed by atoms with Gasteiger partial charge in [0.25, 0.3) is 11.8 Å². The average molecular weight is 419 g/mol. The van der Waals surface area contributed by atoms with Crippen molar-refractivity contribution in [3.05, 3.63) is 77.1 Å². The van der Waals surface area contributed by atoms with Gasteiger partial charge in [-0.05, 0) is 42.7 Å². The lowest BCUT2D eigenvalue weighted by atomic mass is 10.0. The van der Waals surface area contributed by atoms with Crippen molar-refractivity contribution in [2.24, 2.45) is 11.5 Å². The fourth-order valence-corrected chi connectivity index (χ4v) is 3.89. The highest BCUT2D eigenvalue weighted by Crippen LogP contribution is 2.27. The molecule has 0 spiro atoms. The normalized spacial score (nSPS) is 14.3. The number of benzene rings is 2. The monoisotopic (exact) mass is 419 g/mol. The molecule has 0 fully saturated rings. The molecule has 1 aliphatic heterocycles. The maximum absolute atomic E-state index is 13.4. The summed E-state index contributed by atoms with van der Waals surface area (Å²) in [6.07, 6.45) is 1.14. The predicted molar refractivity (Wildman–Crippen MR) is 116 cm³/mol. The topological polar surface area (TPSA) is 116 Å². The molecule has 0 radical (unpaired) electrons. The SMILES string of the molecule is COc1ccc(-n2nc(C(N)=O)c3c2C(=O)N(CCC(N)c2ccccc2)CC3)cc1. The van der Waals surface area contributed by atoms with Gasteiger partial charge in [-0.3, -0.25) is 9.59 Å². The van der Waals surface area contributed by atoms with Crippen molar-refractivity contribution >= 4 is 11.8 Å². The molecule has 0 aliphatic carbocycles. The molecule has 1 atom stereocenters. The number of methoxy groups -OCH3 is 1. The summed E-state index contributed by atoms with van der Waals surface area (Å²) in [5.41, 5.74) is 14.7. The molecule has 160 valence electrons. The zero-order chi connectivity index (χ0) is 22.0. The molecule has 8 heteroatoms. The number of ether oxygens (including phenoxy) is 1. The summed E-state index contributed by atoms with van der Waals surface area (Å²) in [6.45, 7) is 0.996. The fourth-order valence-electron chi connectivity index (χ4n) is 3.89. The van der Waals surface area contributed by atoms with Crippen LogP contribution in [-0.4, -0.2) is 46.7 Å². The van der Waals surface area contributed by atoms with Gasteiger partial charge in [0.1, 0.15) is 11.4 Å². The maximum atomic E-state index is 13.4. The number of hydrogen-bond donors (Lipinski definition) is 2. The van der Waals surface area contributed by atoms with Gasteiger partial charge in [-0.2, -0.15) is 5.10 Å². The van der Waals surface area contributed by atoms with Crippen LogP contribution in [0.3, 0.4) is 0 Å². The second kappa shape index (κ2) is 8.61. The first-order valence-electron chi connectivity index (χ1n) is 10.2. The number of amides is 2. The van der Waals surface area contributed by atoms with E-state index in [0.717, 1.165) is 5.56 Å². The lowest BCUT2D eigenvalue weighted by Gasteiger charge is -2.28. The Hall–Kier alpha value is -3.65. The van der Waals surface area contributed by atoms with E-state index in [1.807, 2.05) is 30.3 Å². The van der Waals surface area contributed by atoms with E-state index in [2.05, 4.69) is 5.10 Å². The Balaban J connectivity index is 1.61. The van der Waals surface area contributed by atoms with Crippen LogP contribution in [0.1, 0.15) is 44.6 Å². The van der Waals surface area contributed by atoms with E-state index in [1.54, 1.807) is 36.3 Å². The first kappa shape index (κ1) is 20.6. The molecule has 0 saturated heterocycles. The van der Waals surface area contributed by atoms with Gasteiger partial charge in [0, 0.05) is 24.7 Å². The number of rotatable bonds is 7. The van der Waals surface area contributed by atoms with E-state index in [9.17, 15) is 9.59 Å². The van der Waals surface area contributed by atoms with Gasteiger partial charge in [0.05, 0.1) is 12.8 Å². The molecule has 1 unspecified atom stereocenters. The van der Waals surface area contributed by atoms with Crippen LogP contribution >= 0.6 is 0 Å². The van der Waals surface area contributed by atoms with Crippen LogP contribution in [0.4, 0.5) is 0 Å². The van der Waals surface area contributed by atoms with E-state index in [0.29, 0.717) is 48.6 Å². The Labute approximate surface area is 180 Å². The van der Waals surface area contributed by atoms with Gasteiger partial charge >= 0.3 is 0 Å². The average Bonchev–Trinajstić information content (AvgIpc) is 3.20. The Morgan fingerprint density at radius 2 is 1.87 bits per heavy atom. The summed E-state index contributed by atoms with van der Waals surface area (Å²) < 4.78 is 6.70. The summed E-state index contributed by atoms with van der Waals surface area (Å²) in [7, 11) is 1.58. The number of carbonyl (C=O) groups is 2. The van der Waals surface area contributed by atoms with Crippen LogP contribution < -0.4 is 16.2 Å². The van der Waals surface area contributed by atoms with E-state index < -0.39 is 5.91 Å². The molecule has 4 N–H and O–H groups in total. The molecule has 2 aromatic carbocycles. The van der Waals surface area contributed by atoms with Crippen molar-refractivity contribution in [1.82, 2.24) is 14.7 Å². The van der Waals surface area contributed by atoms with Gasteiger partial charge in [-0.15, -0.1) is 0 Å². The molecular formula is C23H25N5O3. The molecular weight excluding hydrogens is 394 g/mol. The molecule has 2 heterocycles. The Morgan fingerprint density at radius 3 is 2.52 bits per heavy atom. The Morgan fingerprint density at radius 1 is 1.16 bits per heavy atom. The van der Waals surface area contributed by atoms with Crippen molar-refractivity contribution in [3.63, 3.8) is 0 Å². The standard InChI is InChI=1S/C23H25N5O3/c1-31-17-9-7-16(8-10-17)28-21-18(20(26-28)22(25)29)11-13-27(23(21)30)14-12-19(24)15-5-3-2-4-6-15/h2-10,19H,11-14,24H2,1H3,(H2,25,29). The highest BCUT2D eigenvalue weighted by Gasteiger charge is 2.33. The molecule has 1 aliphatic rings. The first-order valence-corrected chi connectivity index (χ1v) is 10.2. The molecule has 8 nitrogen and oxygen atoms in total. The Bertz CT molecular complexity index is 1090. The number of hydrogen-bond acceptors (Lipinski definition) is 5. The Kier molecular flexibility index (Phi) is 5.73. The van der Waals surface area contributed by atoms with Gasteiger partial charge in [0.2, 0.25) is 0 Å². The second-order valence-electron chi connectivity index (χ2n) is 7.50. The minimum atomic E-state index is -0.643. The second-order valence-corrected chi connectivity index (χ2v) is 7.50. The molecule has 2 amide bonds. The van der Waals surface area contributed by atoms with Crippen LogP contribution in [0.25, 0.3) is 5.69 Å². The number of fused-ring (bicyclic) bond motifs is 1. The summed E-state index contributed by atoms with van der Waals surface area (Å²) in [5, 5.41) is 4.37. The van der Waals surface area contributed by atoms with E-state index in [4.69, 9.17) is 16.2 Å². The van der Waals surface area contributed by atoms with Crippen LogP contribution in [0.2, 0.25) is 0 Å². The van der Waals surface area contributed by atoms with Crippen molar-refractivity contribution in [2.45, 2.75) is 18.9 Å². The summed E-state index contributed by atoms with van der Waals surface area (Å²) >= 11 is 0. The highest BCUT2D eigenvalue weighted by atomic mass is 16.5. The quantitative estimate of drug-likeness (QED) is 0.608. The minimum absolute atomic E-state index is 0.139. The fraction of sp³-hybridized carbons (Fsp3) is 0.261. The van der Waals surface area contributed by atoms with Crippen molar-refractivity contribution in [2.75, 3.05) is 20.2 Å². The molecule has 0 bridgehead atoms. The molecule has 4 rings (SSSR count). The number of carbonyl (C=O) groups excluding carboxylic acids is 2. The summed E-state index contributed by atoms with van der Waals surface area (Å²) in [4.78, 5) is 27.1. The van der Waals surface area contributed by atoms with Crippen molar-refractivity contribution in [3.8, 4) is 11.4 Å². The van der Waals surface area contributed by atoms with Crippen LogP contribution in [0, 0.1) is 0 Å². The van der Waals surface area contributed by atoms with Crippen LogP contribution in [-0.2, 0) is 6.42 Å². The third kappa shape index (κ3) is 4.02. The van der Waals surface area contributed by atoms with Gasteiger partial charge < -0.3 is 21.1 Å². The van der Waals surface area contributed by atoms with Crippen LogP contribution in [0.5, 0.6) is 5.75 Å². The van der Waals surface area contributed by atoms with Gasteiger partial charge in [-0.1, -0.05) is 30.3 Å². The van der Waals surface area contributed by atoms with Crippen molar-refractivity contribution in [1.29, 1.82) is 0 Å². The third-order valence-electron chi connectivity index (χ3n) is 5.59. The van der Waals surface area contributed by atoms with Crippen LogP contribution in [0.15, 0.2) is 54.6 Å². The van der Waals surface area contributed by atoms with E-state index in [1.165, 1.54) is 4.68 Å². The van der Waals surface area contributed by atoms with Gasteiger partial charge in [0.15, 0.2) is 5.69 Å². The first-order chi connectivity index (χ1) is 15.0. The highest BCUT2D eigenvalue weighted by molar-refractivity contribution is 6.01. The largest absolute Gasteiger partial charge is 0.497 e. The zero-order valence-electron chi connectivity index (χ0n) is 17.3. The molecule has 31 heavy (non-hydrogen) atoms.